The predicted molar refractivity (Wildman–Crippen MR) is 76.2 cm³/mol. The minimum absolute atomic E-state index is 0.120. The number of Topliss-reactive ketones (excluding diaryl/α,β-unsaturated/α-hetero) is 1. The number of rotatable bonds is 4. The molecule has 0 fully saturated rings. The van der Waals surface area contributed by atoms with Crippen LogP contribution in [0.5, 0.6) is 0 Å². The summed E-state index contributed by atoms with van der Waals surface area (Å²) in [6.45, 7) is 3.30. The van der Waals surface area contributed by atoms with Crippen molar-refractivity contribution in [3.8, 4) is 0 Å². The molecule has 1 aromatic carbocycles. The van der Waals surface area contributed by atoms with Crippen molar-refractivity contribution < 1.29 is 13.2 Å². The lowest BCUT2D eigenvalue weighted by molar-refractivity contribution is 0.101. The van der Waals surface area contributed by atoms with E-state index in [1.54, 1.807) is 12.1 Å². The average Bonchev–Trinajstić information content (AvgIpc) is 2.39. The third kappa shape index (κ3) is 3.21. The van der Waals surface area contributed by atoms with E-state index in [9.17, 15) is 13.2 Å². The molecule has 0 saturated carbocycles. The SMILES string of the molecule is CC(=O)c1ccc(NS(=O)(=O)c2ccc(C)cc2)nc1. The molecule has 0 atom stereocenters. The molecule has 0 radical (unpaired) electrons. The van der Waals surface area contributed by atoms with Gasteiger partial charge in [-0.2, -0.15) is 0 Å². The number of nitrogens with zero attached hydrogens (tertiary/aromatic N) is 1. The van der Waals surface area contributed by atoms with Gasteiger partial charge in [-0.05, 0) is 38.1 Å². The van der Waals surface area contributed by atoms with Crippen molar-refractivity contribution in [1.82, 2.24) is 4.98 Å². The molecule has 1 aromatic heterocycles. The van der Waals surface area contributed by atoms with E-state index in [4.69, 9.17) is 0 Å². The molecule has 1 heterocycles. The summed E-state index contributed by atoms with van der Waals surface area (Å²) in [5, 5.41) is 0. The number of carbonyl (C=O) groups is 1. The molecule has 0 aliphatic carbocycles. The molecule has 0 aliphatic rings. The standard InChI is InChI=1S/C14H14N2O3S/c1-10-3-6-13(7-4-10)20(18,19)16-14-8-5-12(9-15-14)11(2)17/h3-9H,1-2H3,(H,15,16). The summed E-state index contributed by atoms with van der Waals surface area (Å²) in [6.07, 6.45) is 1.34. The molecular weight excluding hydrogens is 276 g/mol. The molecule has 0 aliphatic heterocycles. The quantitative estimate of drug-likeness (QED) is 0.877. The van der Waals surface area contributed by atoms with E-state index < -0.39 is 10.0 Å². The van der Waals surface area contributed by atoms with Crippen LogP contribution in [-0.4, -0.2) is 19.2 Å². The fraction of sp³-hybridized carbons (Fsp3) is 0.143. The minimum atomic E-state index is -3.66. The van der Waals surface area contributed by atoms with Gasteiger partial charge in [0, 0.05) is 11.8 Å². The second-order valence-electron chi connectivity index (χ2n) is 4.41. The van der Waals surface area contributed by atoms with Gasteiger partial charge < -0.3 is 0 Å². The molecule has 1 N–H and O–H groups in total. The molecule has 20 heavy (non-hydrogen) atoms. The normalized spacial score (nSPS) is 11.1. The first-order chi connectivity index (χ1) is 9.38. The molecule has 0 amide bonds. The van der Waals surface area contributed by atoms with Crippen molar-refractivity contribution in [2.45, 2.75) is 18.7 Å². The third-order valence-corrected chi connectivity index (χ3v) is 4.11. The van der Waals surface area contributed by atoms with Gasteiger partial charge in [0.05, 0.1) is 4.90 Å². The Labute approximate surface area is 117 Å². The zero-order chi connectivity index (χ0) is 14.8. The van der Waals surface area contributed by atoms with Gasteiger partial charge in [-0.3, -0.25) is 9.52 Å². The zero-order valence-corrected chi connectivity index (χ0v) is 11.9. The number of benzene rings is 1. The topological polar surface area (TPSA) is 76.1 Å². The van der Waals surface area contributed by atoms with E-state index in [1.165, 1.54) is 37.4 Å². The number of nitrogens with one attached hydrogen (secondary N) is 1. The Morgan fingerprint density at radius 2 is 1.75 bits per heavy atom. The van der Waals surface area contributed by atoms with Crippen LogP contribution in [0.3, 0.4) is 0 Å². The highest BCUT2D eigenvalue weighted by Gasteiger charge is 2.14. The van der Waals surface area contributed by atoms with Gasteiger partial charge in [-0.15, -0.1) is 0 Å². The first kappa shape index (κ1) is 14.2. The fourth-order valence-electron chi connectivity index (χ4n) is 1.58. The van der Waals surface area contributed by atoms with Gasteiger partial charge in [0.2, 0.25) is 0 Å². The van der Waals surface area contributed by atoms with Crippen molar-refractivity contribution in [1.29, 1.82) is 0 Å². The highest BCUT2D eigenvalue weighted by Crippen LogP contribution is 2.15. The summed E-state index contributed by atoms with van der Waals surface area (Å²) in [4.78, 5) is 15.2. The molecule has 0 unspecified atom stereocenters. The third-order valence-electron chi connectivity index (χ3n) is 2.74. The Morgan fingerprint density at radius 3 is 2.25 bits per heavy atom. The van der Waals surface area contributed by atoms with E-state index in [1.807, 2.05) is 6.92 Å². The summed E-state index contributed by atoms with van der Waals surface area (Å²) in [5.74, 6) is 0.0565. The smallest absolute Gasteiger partial charge is 0.263 e. The first-order valence-electron chi connectivity index (χ1n) is 5.95. The average molecular weight is 290 g/mol. The van der Waals surface area contributed by atoms with E-state index in [-0.39, 0.29) is 16.5 Å². The van der Waals surface area contributed by atoms with Crippen LogP contribution < -0.4 is 4.72 Å². The maximum absolute atomic E-state index is 12.1. The molecule has 104 valence electrons. The maximum Gasteiger partial charge on any atom is 0.263 e. The molecule has 2 rings (SSSR count). The summed E-state index contributed by atoms with van der Waals surface area (Å²) < 4.78 is 26.6. The number of sulfonamides is 1. The number of carbonyl (C=O) groups excluding carboxylic acids is 1. The van der Waals surface area contributed by atoms with Gasteiger partial charge >= 0.3 is 0 Å². The largest absolute Gasteiger partial charge is 0.294 e. The summed E-state index contributed by atoms with van der Waals surface area (Å²) in [7, 11) is -3.66. The van der Waals surface area contributed by atoms with Crippen LogP contribution in [0.1, 0.15) is 22.8 Å². The number of aromatic nitrogens is 1. The Balaban J connectivity index is 2.24. The molecule has 0 spiro atoms. The Bertz CT molecular complexity index is 720. The Hall–Kier alpha value is -2.21. The van der Waals surface area contributed by atoms with E-state index in [0.717, 1.165) is 5.56 Å². The number of pyridine rings is 1. The van der Waals surface area contributed by atoms with Crippen molar-refractivity contribution in [2.24, 2.45) is 0 Å². The van der Waals surface area contributed by atoms with Gasteiger partial charge in [0.15, 0.2) is 5.78 Å². The lowest BCUT2D eigenvalue weighted by Crippen LogP contribution is -2.14. The number of aryl methyl sites for hydroxylation is 1. The summed E-state index contributed by atoms with van der Waals surface area (Å²) >= 11 is 0. The molecule has 2 aromatic rings. The molecule has 0 bridgehead atoms. The fourth-order valence-corrected chi connectivity index (χ4v) is 2.58. The molecule has 0 saturated heterocycles. The van der Waals surface area contributed by atoms with Crippen LogP contribution in [0, 0.1) is 6.92 Å². The Morgan fingerprint density at radius 1 is 1.10 bits per heavy atom. The van der Waals surface area contributed by atoms with Gasteiger partial charge in [0.25, 0.3) is 10.0 Å². The molecule has 6 heteroatoms. The monoisotopic (exact) mass is 290 g/mol. The Kier molecular flexibility index (Phi) is 3.85. The lowest BCUT2D eigenvalue weighted by atomic mass is 10.2. The van der Waals surface area contributed by atoms with E-state index >= 15 is 0 Å². The van der Waals surface area contributed by atoms with E-state index in [0.29, 0.717) is 5.56 Å². The predicted octanol–water partition coefficient (Wildman–Crippen LogP) is 2.39. The molecular formula is C14H14N2O3S. The second-order valence-corrected chi connectivity index (χ2v) is 6.09. The number of anilines is 1. The number of hydrogen-bond donors (Lipinski definition) is 1. The van der Waals surface area contributed by atoms with Crippen molar-refractivity contribution in [2.75, 3.05) is 4.72 Å². The lowest BCUT2D eigenvalue weighted by Gasteiger charge is -2.07. The van der Waals surface area contributed by atoms with Gasteiger partial charge in [-0.1, -0.05) is 17.7 Å². The maximum atomic E-state index is 12.1. The number of ketones is 1. The number of hydrogen-bond acceptors (Lipinski definition) is 4. The van der Waals surface area contributed by atoms with Crippen LogP contribution in [0.4, 0.5) is 5.82 Å². The van der Waals surface area contributed by atoms with Crippen LogP contribution in [0.2, 0.25) is 0 Å². The van der Waals surface area contributed by atoms with Crippen LogP contribution in [0.15, 0.2) is 47.5 Å². The van der Waals surface area contributed by atoms with Crippen molar-refractivity contribution in [3.63, 3.8) is 0 Å². The van der Waals surface area contributed by atoms with Crippen LogP contribution >= 0.6 is 0 Å². The van der Waals surface area contributed by atoms with E-state index in [2.05, 4.69) is 9.71 Å². The first-order valence-corrected chi connectivity index (χ1v) is 7.43. The van der Waals surface area contributed by atoms with Gasteiger partial charge in [-0.25, -0.2) is 13.4 Å². The zero-order valence-electron chi connectivity index (χ0n) is 11.1. The highest BCUT2D eigenvalue weighted by molar-refractivity contribution is 7.92. The van der Waals surface area contributed by atoms with Gasteiger partial charge in [0.1, 0.15) is 5.82 Å². The van der Waals surface area contributed by atoms with Crippen LogP contribution in [0.25, 0.3) is 0 Å². The minimum Gasteiger partial charge on any atom is -0.294 e. The molecule has 5 nitrogen and oxygen atoms in total. The van der Waals surface area contributed by atoms with Crippen molar-refractivity contribution in [3.05, 3.63) is 53.7 Å². The summed E-state index contributed by atoms with van der Waals surface area (Å²) in [5.41, 5.74) is 1.41. The van der Waals surface area contributed by atoms with Crippen LogP contribution in [-0.2, 0) is 10.0 Å². The summed E-state index contributed by atoms with van der Waals surface area (Å²) in [6, 6.07) is 9.50. The second kappa shape index (κ2) is 5.42. The van der Waals surface area contributed by atoms with Crippen molar-refractivity contribution >= 4 is 21.6 Å². The highest BCUT2D eigenvalue weighted by atomic mass is 32.2.